The van der Waals surface area contributed by atoms with E-state index in [1.165, 1.54) is 4.90 Å². The molecular weight excluding hydrogens is 220 g/mol. The number of rotatable bonds is 4. The normalized spacial score (nSPS) is 9.94. The molecule has 0 saturated carbocycles. The monoisotopic (exact) mass is 230 g/mol. The minimum absolute atomic E-state index is 0.253. The first kappa shape index (κ1) is 10.7. The summed E-state index contributed by atoms with van der Waals surface area (Å²) in [5.74, 6) is 0.773. The molecule has 0 amide bonds. The van der Waals surface area contributed by atoms with Crippen LogP contribution in [0, 0.1) is 11.3 Å². The summed E-state index contributed by atoms with van der Waals surface area (Å²) in [5.41, 5.74) is 0.893. The molecule has 5 heteroatoms. The zero-order valence-electron chi connectivity index (χ0n) is 8.58. The highest BCUT2D eigenvalue weighted by molar-refractivity contribution is 7.98. The van der Waals surface area contributed by atoms with Crippen LogP contribution in [0.4, 0.5) is 0 Å². The van der Waals surface area contributed by atoms with E-state index in [0.717, 1.165) is 11.4 Å². The predicted molar refractivity (Wildman–Crippen MR) is 61.6 cm³/mol. The van der Waals surface area contributed by atoms with E-state index in [9.17, 15) is 0 Å². The number of hydrogen-bond acceptors (Lipinski definition) is 4. The molecule has 2 aromatic rings. The summed E-state index contributed by atoms with van der Waals surface area (Å²) in [4.78, 5) is 1.21. The maximum Gasteiger partial charge on any atom is 0.129 e. The Kier molecular flexibility index (Phi) is 3.57. The molecule has 0 aliphatic carbocycles. The van der Waals surface area contributed by atoms with Crippen molar-refractivity contribution < 1.29 is 0 Å². The van der Waals surface area contributed by atoms with Crippen LogP contribution >= 0.6 is 11.8 Å². The van der Waals surface area contributed by atoms with Crippen molar-refractivity contribution in [1.82, 2.24) is 15.0 Å². The summed E-state index contributed by atoms with van der Waals surface area (Å²) in [6.45, 7) is 0.253. The molecule has 0 saturated heterocycles. The van der Waals surface area contributed by atoms with Gasteiger partial charge in [-0.3, -0.25) is 0 Å². The Balaban J connectivity index is 1.93. The molecule has 0 fully saturated rings. The first-order valence-electron chi connectivity index (χ1n) is 4.82. The lowest BCUT2D eigenvalue weighted by Gasteiger charge is -1.96. The quantitative estimate of drug-likeness (QED) is 0.755. The Bertz CT molecular complexity index is 486. The van der Waals surface area contributed by atoms with Crippen LogP contribution in [0.5, 0.6) is 0 Å². The van der Waals surface area contributed by atoms with Gasteiger partial charge in [0.15, 0.2) is 0 Å². The molecule has 4 nitrogen and oxygen atoms in total. The van der Waals surface area contributed by atoms with Gasteiger partial charge < -0.3 is 0 Å². The molecule has 0 N–H and O–H groups in total. The minimum Gasteiger partial charge on any atom is -0.238 e. The molecule has 0 aliphatic rings. The lowest BCUT2D eigenvalue weighted by Crippen LogP contribution is -1.94. The Morgan fingerprint density at radius 3 is 2.88 bits per heavy atom. The van der Waals surface area contributed by atoms with Crippen LogP contribution < -0.4 is 0 Å². The van der Waals surface area contributed by atoms with E-state index in [1.807, 2.05) is 24.3 Å². The van der Waals surface area contributed by atoms with E-state index >= 15 is 0 Å². The van der Waals surface area contributed by atoms with Crippen molar-refractivity contribution in [2.24, 2.45) is 0 Å². The third-order valence-electron chi connectivity index (χ3n) is 1.95. The van der Waals surface area contributed by atoms with Gasteiger partial charge in [-0.2, -0.15) is 5.26 Å². The van der Waals surface area contributed by atoms with E-state index in [-0.39, 0.29) is 6.54 Å². The number of nitriles is 1. The lowest BCUT2D eigenvalue weighted by atomic mass is 10.4. The van der Waals surface area contributed by atoms with Gasteiger partial charge in [-0.1, -0.05) is 23.4 Å². The number of benzene rings is 1. The first-order chi connectivity index (χ1) is 7.88. The van der Waals surface area contributed by atoms with Crippen molar-refractivity contribution in [3.63, 3.8) is 0 Å². The molecule has 0 unspecified atom stereocenters. The smallest absolute Gasteiger partial charge is 0.129 e. The molecular formula is C11H10N4S. The number of nitrogens with zero attached hydrogens (tertiary/aromatic N) is 4. The third kappa shape index (κ3) is 2.84. The zero-order chi connectivity index (χ0) is 11.2. The predicted octanol–water partition coefficient (Wildman–Crippen LogP) is 2.09. The molecule has 0 aliphatic heterocycles. The fourth-order valence-electron chi connectivity index (χ4n) is 1.23. The Morgan fingerprint density at radius 2 is 2.12 bits per heavy atom. The second-order valence-corrected chi connectivity index (χ2v) is 4.22. The van der Waals surface area contributed by atoms with Crippen LogP contribution in [0.15, 0.2) is 41.4 Å². The van der Waals surface area contributed by atoms with Crippen molar-refractivity contribution >= 4 is 11.8 Å². The molecule has 2 rings (SSSR count). The zero-order valence-corrected chi connectivity index (χ0v) is 9.39. The average molecular weight is 230 g/mol. The van der Waals surface area contributed by atoms with Crippen molar-refractivity contribution in [2.75, 3.05) is 0 Å². The molecule has 0 radical (unpaired) electrons. The first-order valence-corrected chi connectivity index (χ1v) is 5.81. The van der Waals surface area contributed by atoms with E-state index in [1.54, 1.807) is 22.6 Å². The Labute approximate surface area is 97.9 Å². The van der Waals surface area contributed by atoms with Crippen LogP contribution in [0.1, 0.15) is 5.69 Å². The Hall–Kier alpha value is -1.80. The SMILES string of the molecule is N#CCn1cc(CSc2ccccc2)nn1. The van der Waals surface area contributed by atoms with Gasteiger partial charge in [0.1, 0.15) is 6.54 Å². The maximum absolute atomic E-state index is 8.49. The van der Waals surface area contributed by atoms with Crippen LogP contribution in [0.25, 0.3) is 0 Å². The summed E-state index contributed by atoms with van der Waals surface area (Å²) in [6.07, 6.45) is 1.80. The second-order valence-electron chi connectivity index (χ2n) is 3.17. The van der Waals surface area contributed by atoms with Gasteiger partial charge >= 0.3 is 0 Å². The molecule has 0 bridgehead atoms. The summed E-state index contributed by atoms with van der Waals surface area (Å²) < 4.78 is 1.54. The van der Waals surface area contributed by atoms with Crippen molar-refractivity contribution in [3.05, 3.63) is 42.2 Å². The van der Waals surface area contributed by atoms with Crippen LogP contribution in [-0.4, -0.2) is 15.0 Å². The van der Waals surface area contributed by atoms with Gasteiger partial charge in [0.05, 0.1) is 18.0 Å². The van der Waals surface area contributed by atoms with Gasteiger partial charge in [0.2, 0.25) is 0 Å². The lowest BCUT2D eigenvalue weighted by molar-refractivity contribution is 0.668. The molecule has 0 atom stereocenters. The highest BCUT2D eigenvalue weighted by Crippen LogP contribution is 2.20. The number of aromatic nitrogens is 3. The highest BCUT2D eigenvalue weighted by Gasteiger charge is 2.01. The topological polar surface area (TPSA) is 54.5 Å². The van der Waals surface area contributed by atoms with Crippen molar-refractivity contribution in [1.29, 1.82) is 5.26 Å². The van der Waals surface area contributed by atoms with E-state index in [0.29, 0.717) is 0 Å². The average Bonchev–Trinajstić information content (AvgIpc) is 2.76. The maximum atomic E-state index is 8.49. The van der Waals surface area contributed by atoms with E-state index in [2.05, 4.69) is 22.4 Å². The largest absolute Gasteiger partial charge is 0.238 e. The Morgan fingerprint density at radius 1 is 1.31 bits per heavy atom. The fourth-order valence-corrected chi connectivity index (χ4v) is 2.02. The number of thioether (sulfide) groups is 1. The van der Waals surface area contributed by atoms with Gasteiger partial charge in [-0.15, -0.1) is 16.9 Å². The summed E-state index contributed by atoms with van der Waals surface area (Å²) in [6, 6.07) is 12.2. The van der Waals surface area contributed by atoms with E-state index in [4.69, 9.17) is 5.26 Å². The van der Waals surface area contributed by atoms with Gasteiger partial charge in [0, 0.05) is 10.6 Å². The molecule has 0 spiro atoms. The third-order valence-corrected chi connectivity index (χ3v) is 2.99. The van der Waals surface area contributed by atoms with Crippen molar-refractivity contribution in [3.8, 4) is 6.07 Å². The molecule has 1 aromatic carbocycles. The highest BCUT2D eigenvalue weighted by atomic mass is 32.2. The molecule has 1 heterocycles. The van der Waals surface area contributed by atoms with Gasteiger partial charge in [-0.25, -0.2) is 4.68 Å². The fraction of sp³-hybridized carbons (Fsp3) is 0.182. The van der Waals surface area contributed by atoms with Gasteiger partial charge in [0.25, 0.3) is 0 Å². The molecule has 16 heavy (non-hydrogen) atoms. The van der Waals surface area contributed by atoms with Crippen LogP contribution in [0.2, 0.25) is 0 Å². The van der Waals surface area contributed by atoms with Crippen LogP contribution in [0.3, 0.4) is 0 Å². The van der Waals surface area contributed by atoms with Crippen molar-refractivity contribution in [2.45, 2.75) is 17.2 Å². The molecule has 80 valence electrons. The minimum atomic E-state index is 0.253. The molecule has 1 aromatic heterocycles. The standard InChI is InChI=1S/C11H10N4S/c12-6-7-15-8-10(13-14-15)9-16-11-4-2-1-3-5-11/h1-5,8H,7,9H2. The van der Waals surface area contributed by atoms with Gasteiger partial charge in [-0.05, 0) is 12.1 Å². The second kappa shape index (κ2) is 5.33. The summed E-state index contributed by atoms with van der Waals surface area (Å²) >= 11 is 1.71. The van der Waals surface area contributed by atoms with E-state index < -0.39 is 0 Å². The summed E-state index contributed by atoms with van der Waals surface area (Å²) in [7, 11) is 0. The summed E-state index contributed by atoms with van der Waals surface area (Å²) in [5, 5.41) is 16.3. The van der Waals surface area contributed by atoms with Crippen LogP contribution in [-0.2, 0) is 12.3 Å². The number of hydrogen-bond donors (Lipinski definition) is 0.